The van der Waals surface area contributed by atoms with Gasteiger partial charge in [-0.15, -0.1) is 11.8 Å². The lowest BCUT2D eigenvalue weighted by molar-refractivity contribution is -0.118. The minimum atomic E-state index is 0.0801. The molecule has 2 N–H and O–H groups in total. The van der Waals surface area contributed by atoms with Crippen LogP contribution in [0.25, 0.3) is 0 Å². The molecule has 0 aromatic heterocycles. The summed E-state index contributed by atoms with van der Waals surface area (Å²) in [6.07, 6.45) is 4.08. The topological polar surface area (TPSA) is 41.1 Å². The molecule has 0 saturated heterocycles. The van der Waals surface area contributed by atoms with E-state index in [0.717, 1.165) is 17.3 Å². The lowest BCUT2D eigenvalue weighted by Gasteiger charge is -2.21. The van der Waals surface area contributed by atoms with Crippen LogP contribution in [-0.2, 0) is 4.79 Å². The maximum Gasteiger partial charge on any atom is 0.235 e. The van der Waals surface area contributed by atoms with Crippen molar-refractivity contribution in [3.63, 3.8) is 0 Å². The number of rotatable bonds is 0. The van der Waals surface area contributed by atoms with Crippen LogP contribution in [0.2, 0.25) is 0 Å². The quantitative estimate of drug-likeness (QED) is 0.542. The first-order chi connectivity index (χ1) is 5.36. The fourth-order valence-corrected chi connectivity index (χ4v) is 1.86. The SMILES string of the molecule is O=C1CSC2=C(NCC=C2)N1. The summed E-state index contributed by atoms with van der Waals surface area (Å²) >= 11 is 1.57. The van der Waals surface area contributed by atoms with Crippen molar-refractivity contribution in [1.82, 2.24) is 10.6 Å². The first-order valence-corrected chi connectivity index (χ1v) is 4.42. The van der Waals surface area contributed by atoms with Gasteiger partial charge in [0.05, 0.1) is 5.75 Å². The molecule has 0 aromatic rings. The Labute approximate surface area is 68.9 Å². The molecule has 2 heterocycles. The molecular weight excluding hydrogens is 160 g/mol. The molecule has 0 unspecified atom stereocenters. The molecule has 2 aliphatic rings. The molecule has 0 saturated carbocycles. The number of nitrogens with one attached hydrogen (secondary N) is 2. The second-order valence-corrected chi connectivity index (χ2v) is 3.38. The van der Waals surface area contributed by atoms with Crippen LogP contribution >= 0.6 is 11.8 Å². The van der Waals surface area contributed by atoms with Crippen molar-refractivity contribution in [2.24, 2.45) is 0 Å². The number of hydrogen-bond acceptors (Lipinski definition) is 3. The molecule has 58 valence electrons. The van der Waals surface area contributed by atoms with Gasteiger partial charge in [-0.25, -0.2) is 0 Å². The van der Waals surface area contributed by atoms with Crippen molar-refractivity contribution >= 4 is 17.7 Å². The minimum absolute atomic E-state index is 0.0801. The Hall–Kier alpha value is -0.900. The number of carbonyl (C=O) groups is 1. The smallest absolute Gasteiger partial charge is 0.235 e. The van der Waals surface area contributed by atoms with Crippen LogP contribution in [0.5, 0.6) is 0 Å². The zero-order chi connectivity index (χ0) is 7.68. The summed E-state index contributed by atoms with van der Waals surface area (Å²) in [5.74, 6) is 1.48. The van der Waals surface area contributed by atoms with Gasteiger partial charge in [-0.3, -0.25) is 4.79 Å². The summed E-state index contributed by atoms with van der Waals surface area (Å²) in [4.78, 5) is 12.0. The van der Waals surface area contributed by atoms with Crippen molar-refractivity contribution in [3.8, 4) is 0 Å². The van der Waals surface area contributed by atoms with E-state index in [1.165, 1.54) is 0 Å². The predicted molar refractivity (Wildman–Crippen MR) is 44.8 cm³/mol. The van der Waals surface area contributed by atoms with Crippen LogP contribution in [0.4, 0.5) is 0 Å². The molecule has 0 atom stereocenters. The number of amides is 1. The van der Waals surface area contributed by atoms with Gasteiger partial charge in [0, 0.05) is 11.4 Å². The van der Waals surface area contributed by atoms with E-state index in [1.54, 1.807) is 11.8 Å². The van der Waals surface area contributed by atoms with Crippen LogP contribution in [0.1, 0.15) is 0 Å². The van der Waals surface area contributed by atoms with Gasteiger partial charge in [-0.2, -0.15) is 0 Å². The van der Waals surface area contributed by atoms with Crippen molar-refractivity contribution in [3.05, 3.63) is 22.9 Å². The largest absolute Gasteiger partial charge is 0.367 e. The van der Waals surface area contributed by atoms with Crippen molar-refractivity contribution < 1.29 is 4.79 Å². The molecule has 3 nitrogen and oxygen atoms in total. The fraction of sp³-hybridized carbons (Fsp3) is 0.286. The standard InChI is InChI=1S/C7H8N2OS/c10-6-4-11-5-2-1-3-8-7(5)9-6/h1-2,8H,3-4H2,(H,9,10). The van der Waals surface area contributed by atoms with Crippen LogP contribution < -0.4 is 10.6 Å². The molecular formula is C7H8N2OS. The summed E-state index contributed by atoms with van der Waals surface area (Å²) in [5, 5.41) is 5.87. The highest BCUT2D eigenvalue weighted by Gasteiger charge is 2.17. The Kier molecular flexibility index (Phi) is 1.62. The van der Waals surface area contributed by atoms with E-state index in [4.69, 9.17) is 0 Å². The van der Waals surface area contributed by atoms with Gasteiger partial charge in [-0.05, 0) is 6.08 Å². The molecule has 2 aliphatic heterocycles. The molecule has 0 bridgehead atoms. The molecule has 0 aromatic carbocycles. The van der Waals surface area contributed by atoms with Gasteiger partial charge in [-0.1, -0.05) is 6.08 Å². The van der Waals surface area contributed by atoms with E-state index >= 15 is 0 Å². The molecule has 2 rings (SSSR count). The summed E-state index contributed by atoms with van der Waals surface area (Å²) < 4.78 is 0. The molecule has 0 fully saturated rings. The van der Waals surface area contributed by atoms with E-state index < -0.39 is 0 Å². The monoisotopic (exact) mass is 168 g/mol. The highest BCUT2D eigenvalue weighted by molar-refractivity contribution is 8.04. The van der Waals surface area contributed by atoms with Crippen molar-refractivity contribution in [1.29, 1.82) is 0 Å². The number of allylic oxidation sites excluding steroid dienone is 1. The van der Waals surface area contributed by atoms with Gasteiger partial charge in [0.25, 0.3) is 0 Å². The third-order valence-electron chi connectivity index (χ3n) is 1.54. The van der Waals surface area contributed by atoms with Crippen LogP contribution in [0.15, 0.2) is 22.9 Å². The number of hydrogen-bond donors (Lipinski definition) is 2. The van der Waals surface area contributed by atoms with Gasteiger partial charge in [0.1, 0.15) is 5.82 Å². The maximum atomic E-state index is 10.9. The molecule has 0 spiro atoms. The van der Waals surface area contributed by atoms with E-state index in [9.17, 15) is 4.79 Å². The van der Waals surface area contributed by atoms with Crippen LogP contribution in [-0.4, -0.2) is 18.2 Å². The van der Waals surface area contributed by atoms with Gasteiger partial charge in [0.15, 0.2) is 0 Å². The number of carbonyl (C=O) groups excluding carboxylic acids is 1. The third kappa shape index (κ3) is 1.26. The Morgan fingerprint density at radius 3 is 3.36 bits per heavy atom. The first kappa shape index (κ1) is 6.79. The Morgan fingerprint density at radius 1 is 1.55 bits per heavy atom. The first-order valence-electron chi connectivity index (χ1n) is 3.43. The van der Waals surface area contributed by atoms with Crippen molar-refractivity contribution in [2.45, 2.75) is 0 Å². The number of thioether (sulfide) groups is 1. The predicted octanol–water partition coefficient (Wildman–Crippen LogP) is 0.178. The Bertz CT molecular complexity index is 257. The summed E-state index contributed by atoms with van der Waals surface area (Å²) in [7, 11) is 0. The molecule has 11 heavy (non-hydrogen) atoms. The zero-order valence-corrected chi connectivity index (χ0v) is 6.70. The summed E-state index contributed by atoms with van der Waals surface area (Å²) in [5.41, 5.74) is 0. The number of dihydropyridines is 1. The van der Waals surface area contributed by atoms with Crippen LogP contribution in [0.3, 0.4) is 0 Å². The second kappa shape index (κ2) is 2.62. The lowest BCUT2D eigenvalue weighted by atomic mass is 10.3. The van der Waals surface area contributed by atoms with Crippen LogP contribution in [0, 0.1) is 0 Å². The average molecular weight is 168 g/mol. The second-order valence-electron chi connectivity index (χ2n) is 2.36. The van der Waals surface area contributed by atoms with E-state index in [2.05, 4.69) is 10.6 Å². The van der Waals surface area contributed by atoms with E-state index in [0.29, 0.717) is 5.75 Å². The molecule has 0 radical (unpaired) electrons. The maximum absolute atomic E-state index is 10.9. The highest BCUT2D eigenvalue weighted by Crippen LogP contribution is 2.23. The minimum Gasteiger partial charge on any atom is -0.367 e. The van der Waals surface area contributed by atoms with Gasteiger partial charge in [0.2, 0.25) is 5.91 Å². The molecule has 1 amide bonds. The van der Waals surface area contributed by atoms with E-state index in [1.807, 2.05) is 12.2 Å². The third-order valence-corrected chi connectivity index (χ3v) is 2.59. The fourth-order valence-electron chi connectivity index (χ4n) is 1.04. The van der Waals surface area contributed by atoms with E-state index in [-0.39, 0.29) is 5.91 Å². The summed E-state index contributed by atoms with van der Waals surface area (Å²) in [6.45, 7) is 0.805. The van der Waals surface area contributed by atoms with Gasteiger partial charge < -0.3 is 10.6 Å². The zero-order valence-electron chi connectivity index (χ0n) is 5.89. The average Bonchev–Trinajstić information content (AvgIpc) is 2.04. The molecule has 4 heteroatoms. The Balaban J connectivity index is 2.26. The highest BCUT2D eigenvalue weighted by atomic mass is 32.2. The molecule has 0 aliphatic carbocycles. The summed E-state index contributed by atoms with van der Waals surface area (Å²) in [6, 6.07) is 0. The van der Waals surface area contributed by atoms with Crippen molar-refractivity contribution in [2.75, 3.05) is 12.3 Å². The Morgan fingerprint density at radius 2 is 2.45 bits per heavy atom. The van der Waals surface area contributed by atoms with Gasteiger partial charge >= 0.3 is 0 Å². The lowest BCUT2D eigenvalue weighted by Crippen LogP contribution is -2.37. The normalized spacial score (nSPS) is 22.4.